The van der Waals surface area contributed by atoms with Crippen molar-refractivity contribution in [1.29, 1.82) is 0 Å². The SMILES string of the molecule is COc1ccc(N2CCN(c3ccc(OC)cc3)P2(=O)O)cc1. The molecule has 1 N–H and O–H groups in total. The van der Waals surface area contributed by atoms with E-state index in [1.807, 2.05) is 0 Å². The van der Waals surface area contributed by atoms with Crippen LogP contribution in [0, 0.1) is 0 Å². The van der Waals surface area contributed by atoms with Crippen molar-refractivity contribution in [1.82, 2.24) is 0 Å². The van der Waals surface area contributed by atoms with Gasteiger partial charge in [-0.05, 0) is 48.5 Å². The molecule has 0 bridgehead atoms. The second-order valence-corrected chi connectivity index (χ2v) is 7.15. The third-order valence-corrected chi connectivity index (χ3v) is 6.01. The first-order chi connectivity index (χ1) is 11.1. The number of anilines is 2. The lowest BCUT2D eigenvalue weighted by Crippen LogP contribution is -2.18. The van der Waals surface area contributed by atoms with Gasteiger partial charge in [0, 0.05) is 24.5 Å². The molecule has 3 rings (SSSR count). The lowest BCUT2D eigenvalue weighted by atomic mass is 10.3. The molecule has 0 aromatic heterocycles. The minimum absolute atomic E-state index is 0.478. The Morgan fingerprint density at radius 2 is 1.17 bits per heavy atom. The molecule has 1 aliphatic heterocycles. The first-order valence-electron chi connectivity index (χ1n) is 7.23. The monoisotopic (exact) mass is 334 g/mol. The summed E-state index contributed by atoms with van der Waals surface area (Å²) >= 11 is 0. The van der Waals surface area contributed by atoms with Crippen LogP contribution in [0.4, 0.5) is 11.4 Å². The number of rotatable bonds is 4. The fraction of sp³-hybridized carbons (Fsp3) is 0.250. The van der Waals surface area contributed by atoms with Crippen LogP contribution >= 0.6 is 7.67 Å². The maximum Gasteiger partial charge on any atom is 0.394 e. The number of methoxy groups -OCH3 is 2. The average Bonchev–Trinajstić information content (AvgIpc) is 2.90. The Balaban J connectivity index is 1.86. The highest BCUT2D eigenvalue weighted by Gasteiger charge is 2.42. The molecule has 0 spiro atoms. The summed E-state index contributed by atoms with van der Waals surface area (Å²) in [7, 11) is -0.488. The smallest absolute Gasteiger partial charge is 0.394 e. The molecule has 2 aromatic carbocycles. The Bertz CT molecular complexity index is 658. The van der Waals surface area contributed by atoms with Gasteiger partial charge in [-0.2, -0.15) is 0 Å². The summed E-state index contributed by atoms with van der Waals surface area (Å²) in [5, 5.41) is 0. The minimum Gasteiger partial charge on any atom is -0.497 e. The molecule has 0 atom stereocenters. The molecule has 0 amide bonds. The highest BCUT2D eigenvalue weighted by Crippen LogP contribution is 2.56. The van der Waals surface area contributed by atoms with Crippen LogP contribution in [-0.2, 0) is 4.57 Å². The second-order valence-electron chi connectivity index (χ2n) is 5.16. The second kappa shape index (κ2) is 6.14. The van der Waals surface area contributed by atoms with Gasteiger partial charge in [-0.1, -0.05) is 0 Å². The maximum atomic E-state index is 12.9. The predicted octanol–water partition coefficient (Wildman–Crippen LogP) is 3.13. The summed E-state index contributed by atoms with van der Waals surface area (Å²) in [6.45, 7) is 0.957. The van der Waals surface area contributed by atoms with Crippen molar-refractivity contribution in [3.8, 4) is 11.5 Å². The molecule has 1 fully saturated rings. The van der Waals surface area contributed by atoms with Crippen molar-refractivity contribution in [2.45, 2.75) is 0 Å². The van der Waals surface area contributed by atoms with Crippen molar-refractivity contribution in [3.05, 3.63) is 48.5 Å². The molecule has 1 heterocycles. The topological polar surface area (TPSA) is 62.2 Å². The Morgan fingerprint density at radius 1 is 0.826 bits per heavy atom. The van der Waals surface area contributed by atoms with Crippen LogP contribution in [0.1, 0.15) is 0 Å². The third-order valence-electron chi connectivity index (χ3n) is 3.89. The van der Waals surface area contributed by atoms with Crippen molar-refractivity contribution in [2.24, 2.45) is 0 Å². The van der Waals surface area contributed by atoms with Gasteiger partial charge in [-0.25, -0.2) is 4.57 Å². The number of hydrogen-bond acceptors (Lipinski definition) is 3. The van der Waals surface area contributed by atoms with Crippen molar-refractivity contribution in [3.63, 3.8) is 0 Å². The van der Waals surface area contributed by atoms with E-state index in [9.17, 15) is 9.46 Å². The lowest BCUT2D eigenvalue weighted by Gasteiger charge is -2.27. The lowest BCUT2D eigenvalue weighted by molar-refractivity contribution is 0.414. The molecule has 0 saturated carbocycles. The fourth-order valence-electron chi connectivity index (χ4n) is 2.65. The number of nitrogens with zero attached hydrogens (tertiary/aromatic N) is 2. The van der Waals surface area contributed by atoms with Gasteiger partial charge in [0.15, 0.2) is 0 Å². The van der Waals surface area contributed by atoms with Gasteiger partial charge in [0.2, 0.25) is 0 Å². The molecule has 7 heteroatoms. The molecular weight excluding hydrogens is 315 g/mol. The van der Waals surface area contributed by atoms with E-state index >= 15 is 0 Å². The highest BCUT2D eigenvalue weighted by atomic mass is 31.2. The summed E-state index contributed by atoms with van der Waals surface area (Å²) in [5.41, 5.74) is 1.40. The van der Waals surface area contributed by atoms with Gasteiger partial charge in [0.05, 0.1) is 14.2 Å². The van der Waals surface area contributed by atoms with E-state index in [1.54, 1.807) is 62.8 Å². The molecule has 0 unspecified atom stereocenters. The minimum atomic E-state index is -3.67. The molecule has 1 aliphatic rings. The van der Waals surface area contributed by atoms with Crippen molar-refractivity contribution >= 4 is 19.0 Å². The summed E-state index contributed by atoms with van der Waals surface area (Å²) in [6, 6.07) is 14.3. The van der Waals surface area contributed by atoms with E-state index in [0.717, 1.165) is 0 Å². The van der Waals surface area contributed by atoms with E-state index in [2.05, 4.69) is 0 Å². The first kappa shape index (κ1) is 15.7. The van der Waals surface area contributed by atoms with Gasteiger partial charge in [0.1, 0.15) is 11.5 Å². The first-order valence-corrected chi connectivity index (χ1v) is 8.79. The molecule has 6 nitrogen and oxygen atoms in total. The van der Waals surface area contributed by atoms with Gasteiger partial charge in [-0.3, -0.25) is 9.34 Å². The molecule has 2 aromatic rings. The fourth-order valence-corrected chi connectivity index (χ4v) is 4.48. The Hall–Kier alpha value is -2.17. The van der Waals surface area contributed by atoms with Crippen molar-refractivity contribution < 1.29 is 18.9 Å². The summed E-state index contributed by atoms with van der Waals surface area (Å²) in [6.07, 6.45) is 0. The van der Waals surface area contributed by atoms with Crippen LogP contribution in [0.15, 0.2) is 48.5 Å². The predicted molar refractivity (Wildman–Crippen MR) is 90.5 cm³/mol. The molecule has 1 saturated heterocycles. The van der Waals surface area contributed by atoms with Gasteiger partial charge in [-0.15, -0.1) is 0 Å². The molecule has 0 aliphatic carbocycles. The number of benzene rings is 2. The Morgan fingerprint density at radius 3 is 1.48 bits per heavy atom. The van der Waals surface area contributed by atoms with E-state index in [0.29, 0.717) is 36.0 Å². The van der Waals surface area contributed by atoms with Crippen LogP contribution < -0.4 is 18.8 Å². The summed E-state index contributed by atoms with van der Waals surface area (Å²) < 4.78 is 26.3. The molecule has 122 valence electrons. The Labute approximate surface area is 135 Å². The van der Waals surface area contributed by atoms with Crippen LogP contribution in [0.5, 0.6) is 11.5 Å². The average molecular weight is 334 g/mol. The van der Waals surface area contributed by atoms with Crippen molar-refractivity contribution in [2.75, 3.05) is 36.6 Å². The summed E-state index contributed by atoms with van der Waals surface area (Å²) in [4.78, 5) is 10.6. The van der Waals surface area contributed by atoms with E-state index < -0.39 is 7.67 Å². The zero-order valence-electron chi connectivity index (χ0n) is 13.0. The zero-order chi connectivity index (χ0) is 16.4. The van der Waals surface area contributed by atoms with Crippen LogP contribution in [0.2, 0.25) is 0 Å². The number of hydrogen-bond donors (Lipinski definition) is 1. The normalized spacial score (nSPS) is 16.5. The molecular formula is C16H19N2O4P. The van der Waals surface area contributed by atoms with E-state index in [4.69, 9.17) is 9.47 Å². The van der Waals surface area contributed by atoms with Crippen LogP contribution in [0.25, 0.3) is 0 Å². The third kappa shape index (κ3) is 2.87. The molecule has 23 heavy (non-hydrogen) atoms. The highest BCUT2D eigenvalue weighted by molar-refractivity contribution is 7.61. The van der Waals surface area contributed by atoms with Gasteiger partial charge < -0.3 is 14.4 Å². The zero-order valence-corrected chi connectivity index (χ0v) is 13.9. The van der Waals surface area contributed by atoms with Crippen LogP contribution in [0.3, 0.4) is 0 Å². The van der Waals surface area contributed by atoms with Gasteiger partial charge >= 0.3 is 7.67 Å². The quantitative estimate of drug-likeness (QED) is 0.867. The largest absolute Gasteiger partial charge is 0.497 e. The van der Waals surface area contributed by atoms with E-state index in [-0.39, 0.29) is 0 Å². The van der Waals surface area contributed by atoms with Crippen LogP contribution in [-0.4, -0.2) is 32.2 Å². The standard InChI is InChI=1S/C16H19N2O4P/c1-21-15-7-3-13(4-8-15)17-11-12-18(23(17,19)20)14-5-9-16(22-2)10-6-14/h3-10H,11-12H2,1-2H3,(H,19,20). The van der Waals surface area contributed by atoms with Gasteiger partial charge in [0.25, 0.3) is 0 Å². The summed E-state index contributed by atoms with van der Waals surface area (Å²) in [5.74, 6) is 1.43. The molecule has 0 radical (unpaired) electrons. The Kier molecular flexibility index (Phi) is 4.20. The number of ether oxygens (including phenoxy) is 2. The van der Waals surface area contributed by atoms with E-state index in [1.165, 1.54) is 9.34 Å². The maximum absolute atomic E-state index is 12.9.